The van der Waals surface area contributed by atoms with Crippen LogP contribution in [0, 0.1) is 35.5 Å². The van der Waals surface area contributed by atoms with Crippen molar-refractivity contribution in [1.29, 1.82) is 0 Å². The highest BCUT2D eigenvalue weighted by Gasteiger charge is 2.75. The van der Waals surface area contributed by atoms with Crippen molar-refractivity contribution in [2.45, 2.75) is 13.3 Å². The Hall–Kier alpha value is -0.790. The van der Waals surface area contributed by atoms with Crippen LogP contribution >= 0.6 is 0 Å². The lowest BCUT2D eigenvalue weighted by Gasteiger charge is -2.14. The van der Waals surface area contributed by atoms with E-state index in [1.54, 1.807) is 0 Å². The quantitative estimate of drug-likeness (QED) is 0.488. The number of carbonyl (C=O) groups excluding carboxylic acids is 1. The van der Waals surface area contributed by atoms with Crippen LogP contribution in [0.4, 0.5) is 0 Å². The molecule has 0 heterocycles. The molecule has 2 heteroatoms. The average Bonchev–Trinajstić information content (AvgIpc) is 2.57. The third-order valence-corrected chi connectivity index (χ3v) is 4.93. The molecule has 0 unspecified atom stereocenters. The molecule has 0 saturated heterocycles. The van der Waals surface area contributed by atoms with E-state index in [-0.39, 0.29) is 5.97 Å². The van der Waals surface area contributed by atoms with E-state index < -0.39 is 0 Å². The molecule has 0 N–H and O–H groups in total. The summed E-state index contributed by atoms with van der Waals surface area (Å²) in [5.41, 5.74) is 1.44. The normalized spacial score (nSPS) is 54.8. The average molecular weight is 190 g/mol. The van der Waals surface area contributed by atoms with Crippen molar-refractivity contribution in [2.75, 3.05) is 6.61 Å². The third kappa shape index (κ3) is 0.656. The molecule has 5 rings (SSSR count). The molecule has 5 aliphatic rings. The summed E-state index contributed by atoms with van der Waals surface area (Å²) >= 11 is 0. The van der Waals surface area contributed by atoms with Gasteiger partial charge in [-0.15, -0.1) is 0 Å². The van der Waals surface area contributed by atoms with Crippen molar-refractivity contribution in [3.05, 3.63) is 11.6 Å². The summed E-state index contributed by atoms with van der Waals surface area (Å²) in [7, 11) is 0. The molecular formula is C12H14O2. The largest absolute Gasteiger partial charge is 0.461 e. The molecule has 0 aromatic carbocycles. The minimum absolute atomic E-state index is 0.145. The maximum absolute atomic E-state index is 10.7. The molecule has 0 amide bonds. The Balaban J connectivity index is 1.56. The highest BCUT2D eigenvalue weighted by molar-refractivity contribution is 5.66. The first-order valence-electron chi connectivity index (χ1n) is 5.61. The van der Waals surface area contributed by atoms with E-state index in [1.807, 2.05) is 0 Å². The van der Waals surface area contributed by atoms with Gasteiger partial charge >= 0.3 is 5.97 Å². The molecule has 6 atom stereocenters. The Morgan fingerprint density at radius 1 is 1.50 bits per heavy atom. The van der Waals surface area contributed by atoms with E-state index in [9.17, 15) is 4.79 Å². The van der Waals surface area contributed by atoms with Crippen molar-refractivity contribution in [1.82, 2.24) is 0 Å². The molecule has 4 saturated carbocycles. The zero-order chi connectivity index (χ0) is 9.45. The van der Waals surface area contributed by atoms with Crippen molar-refractivity contribution < 1.29 is 9.53 Å². The van der Waals surface area contributed by atoms with Gasteiger partial charge in [0, 0.05) is 6.92 Å². The lowest BCUT2D eigenvalue weighted by molar-refractivity contribution is -0.140. The summed E-state index contributed by atoms with van der Waals surface area (Å²) in [6, 6.07) is 0. The summed E-state index contributed by atoms with van der Waals surface area (Å²) in [6.45, 7) is 2.07. The molecule has 5 aliphatic carbocycles. The second-order valence-corrected chi connectivity index (χ2v) is 5.34. The minimum atomic E-state index is -0.145. The number of hydrogen-bond acceptors (Lipinski definition) is 2. The molecule has 0 radical (unpaired) electrons. The molecule has 2 nitrogen and oxygen atoms in total. The van der Waals surface area contributed by atoms with E-state index in [0.717, 1.165) is 35.5 Å². The number of ether oxygens (including phenoxy) is 1. The maximum atomic E-state index is 10.7. The van der Waals surface area contributed by atoms with Crippen LogP contribution in [0.3, 0.4) is 0 Å². The van der Waals surface area contributed by atoms with Crippen LogP contribution in [0.2, 0.25) is 0 Å². The minimum Gasteiger partial charge on any atom is -0.461 e. The van der Waals surface area contributed by atoms with Gasteiger partial charge < -0.3 is 4.74 Å². The first kappa shape index (κ1) is 7.49. The van der Waals surface area contributed by atoms with Crippen LogP contribution in [0.25, 0.3) is 0 Å². The topological polar surface area (TPSA) is 26.3 Å². The van der Waals surface area contributed by atoms with Crippen LogP contribution in [-0.4, -0.2) is 12.6 Å². The molecule has 6 bridgehead atoms. The smallest absolute Gasteiger partial charge is 0.302 e. The SMILES string of the molecule is CC(=O)OCC1=C[C@H]2[C@@H]3C[C@@H]4[C@H]2[C@@H]4[C@H]13. The van der Waals surface area contributed by atoms with Crippen molar-refractivity contribution in [2.24, 2.45) is 35.5 Å². The van der Waals surface area contributed by atoms with Crippen molar-refractivity contribution in [3.63, 3.8) is 0 Å². The molecular weight excluding hydrogens is 176 g/mol. The fraction of sp³-hybridized carbons (Fsp3) is 0.750. The van der Waals surface area contributed by atoms with Gasteiger partial charge in [-0.2, -0.15) is 0 Å². The second-order valence-electron chi connectivity index (χ2n) is 5.34. The van der Waals surface area contributed by atoms with E-state index in [4.69, 9.17) is 4.74 Å². The number of esters is 1. The van der Waals surface area contributed by atoms with Gasteiger partial charge in [0.2, 0.25) is 0 Å². The first-order chi connectivity index (χ1) is 6.77. The number of carbonyl (C=O) groups is 1. The van der Waals surface area contributed by atoms with Gasteiger partial charge in [0.1, 0.15) is 6.61 Å². The van der Waals surface area contributed by atoms with Gasteiger partial charge in [0.15, 0.2) is 0 Å². The summed E-state index contributed by atoms with van der Waals surface area (Å²) in [5, 5.41) is 0. The molecule has 0 spiro atoms. The highest BCUT2D eigenvalue weighted by Crippen LogP contribution is 2.80. The highest BCUT2D eigenvalue weighted by atomic mass is 16.5. The number of allylic oxidation sites excluding steroid dienone is 1. The van der Waals surface area contributed by atoms with Crippen LogP contribution < -0.4 is 0 Å². The van der Waals surface area contributed by atoms with Crippen molar-refractivity contribution in [3.8, 4) is 0 Å². The predicted octanol–water partition coefficient (Wildman–Crippen LogP) is 1.62. The summed E-state index contributed by atoms with van der Waals surface area (Å²) in [6.07, 6.45) is 3.89. The molecule has 14 heavy (non-hydrogen) atoms. The van der Waals surface area contributed by atoms with E-state index in [0.29, 0.717) is 6.61 Å². The van der Waals surface area contributed by atoms with Gasteiger partial charge in [0.25, 0.3) is 0 Å². The Morgan fingerprint density at radius 3 is 2.93 bits per heavy atom. The Labute approximate surface area is 83.3 Å². The number of rotatable bonds is 2. The monoisotopic (exact) mass is 190 g/mol. The van der Waals surface area contributed by atoms with Crippen LogP contribution in [-0.2, 0) is 9.53 Å². The Bertz CT molecular complexity index is 357. The molecule has 0 aliphatic heterocycles. The zero-order valence-corrected chi connectivity index (χ0v) is 8.27. The maximum Gasteiger partial charge on any atom is 0.302 e. The van der Waals surface area contributed by atoms with Crippen LogP contribution in [0.15, 0.2) is 11.6 Å². The summed E-state index contributed by atoms with van der Waals surface area (Å²) in [5.74, 6) is 5.59. The van der Waals surface area contributed by atoms with E-state index in [2.05, 4.69) is 6.08 Å². The fourth-order valence-electron chi connectivity index (χ4n) is 4.66. The fourth-order valence-corrected chi connectivity index (χ4v) is 4.66. The molecule has 74 valence electrons. The van der Waals surface area contributed by atoms with Gasteiger partial charge in [-0.3, -0.25) is 4.79 Å². The van der Waals surface area contributed by atoms with Gasteiger partial charge in [0.05, 0.1) is 0 Å². The molecule has 4 fully saturated rings. The Morgan fingerprint density at radius 2 is 2.36 bits per heavy atom. The van der Waals surface area contributed by atoms with E-state index in [1.165, 1.54) is 18.9 Å². The number of hydrogen-bond donors (Lipinski definition) is 0. The zero-order valence-electron chi connectivity index (χ0n) is 8.27. The lowest BCUT2D eigenvalue weighted by Crippen LogP contribution is -2.11. The van der Waals surface area contributed by atoms with Crippen molar-refractivity contribution >= 4 is 5.97 Å². The summed E-state index contributed by atoms with van der Waals surface area (Å²) < 4.78 is 5.10. The van der Waals surface area contributed by atoms with Crippen LogP contribution in [0.5, 0.6) is 0 Å². The Kier molecular flexibility index (Phi) is 1.11. The van der Waals surface area contributed by atoms with Gasteiger partial charge in [-0.1, -0.05) is 6.08 Å². The summed E-state index contributed by atoms with van der Waals surface area (Å²) in [4.78, 5) is 10.7. The second kappa shape index (κ2) is 2.07. The lowest BCUT2D eigenvalue weighted by atomic mass is 9.95. The van der Waals surface area contributed by atoms with E-state index >= 15 is 0 Å². The third-order valence-electron chi connectivity index (χ3n) is 4.93. The van der Waals surface area contributed by atoms with Gasteiger partial charge in [-0.05, 0) is 47.5 Å². The van der Waals surface area contributed by atoms with Gasteiger partial charge in [-0.25, -0.2) is 0 Å². The standard InChI is InChI=1S/C12H14O2/c1-5(13)14-4-6-2-7-8-3-9-11(7)12(9)10(6)8/h2,7-12H,3-4H2,1H3/t7-,8-,9+,10+,11-,12-/m0/s1. The molecule has 0 aromatic rings. The molecule has 0 aromatic heterocycles. The predicted molar refractivity (Wildman–Crippen MR) is 50.3 cm³/mol. The first-order valence-corrected chi connectivity index (χ1v) is 5.61. The van der Waals surface area contributed by atoms with Crippen LogP contribution in [0.1, 0.15) is 13.3 Å².